The van der Waals surface area contributed by atoms with Crippen molar-refractivity contribution in [2.75, 3.05) is 0 Å². The van der Waals surface area contributed by atoms with Crippen LogP contribution in [0.5, 0.6) is 11.5 Å². The maximum Gasteiger partial charge on any atom is 0.196 e. The van der Waals surface area contributed by atoms with Gasteiger partial charge in [-0.2, -0.15) is 0 Å². The zero-order chi connectivity index (χ0) is 18.0. The van der Waals surface area contributed by atoms with Crippen LogP contribution in [-0.2, 0) is 0 Å². The molecule has 5 heteroatoms. The van der Waals surface area contributed by atoms with Crippen molar-refractivity contribution in [3.8, 4) is 11.5 Å². The molecule has 0 amide bonds. The van der Waals surface area contributed by atoms with E-state index in [1.165, 1.54) is 18.2 Å². The molecule has 4 nitrogen and oxygen atoms in total. The highest BCUT2D eigenvalue weighted by atomic mass is 35.5. The van der Waals surface area contributed by atoms with Gasteiger partial charge in [-0.1, -0.05) is 41.9 Å². The number of phenols is 2. The Kier molecular flexibility index (Phi) is 4.55. The van der Waals surface area contributed by atoms with Crippen molar-refractivity contribution in [3.63, 3.8) is 0 Å². The minimum atomic E-state index is -0.476. The Labute approximate surface area is 148 Å². The number of rotatable bonds is 4. The Bertz CT molecular complexity index is 947. The van der Waals surface area contributed by atoms with Crippen molar-refractivity contribution in [3.05, 3.63) is 94.0 Å². The molecule has 0 aliphatic heterocycles. The van der Waals surface area contributed by atoms with Crippen molar-refractivity contribution < 1.29 is 19.8 Å². The Morgan fingerprint density at radius 1 is 0.680 bits per heavy atom. The Hall–Kier alpha value is -3.11. The van der Waals surface area contributed by atoms with E-state index in [0.717, 1.165) is 6.07 Å². The molecule has 0 heterocycles. The van der Waals surface area contributed by atoms with E-state index in [9.17, 15) is 19.8 Å². The molecule has 0 atom stereocenters. The van der Waals surface area contributed by atoms with Gasteiger partial charge in [-0.3, -0.25) is 9.59 Å². The lowest BCUT2D eigenvalue weighted by atomic mass is 9.96. The normalized spacial score (nSPS) is 10.4. The lowest BCUT2D eigenvalue weighted by Gasteiger charge is -2.09. The molecule has 25 heavy (non-hydrogen) atoms. The molecule has 0 fully saturated rings. The number of phenolic OH excluding ortho intramolecular Hbond substituents is 2. The number of carbonyl (C=O) groups is 2. The molecule has 2 N–H and O–H groups in total. The highest BCUT2D eigenvalue weighted by Crippen LogP contribution is 2.31. The lowest BCUT2D eigenvalue weighted by molar-refractivity contribution is 0.103. The molecule has 0 unspecified atom stereocenters. The van der Waals surface area contributed by atoms with E-state index in [1.807, 2.05) is 0 Å². The molecule has 0 aliphatic carbocycles. The predicted molar refractivity (Wildman–Crippen MR) is 94.5 cm³/mol. The van der Waals surface area contributed by atoms with Crippen LogP contribution in [0, 0.1) is 0 Å². The van der Waals surface area contributed by atoms with Gasteiger partial charge in [0.2, 0.25) is 0 Å². The molecule has 0 spiro atoms. The van der Waals surface area contributed by atoms with Gasteiger partial charge in [-0.05, 0) is 30.3 Å². The Morgan fingerprint density at radius 2 is 1.16 bits per heavy atom. The highest BCUT2D eigenvalue weighted by Gasteiger charge is 2.21. The van der Waals surface area contributed by atoms with Crippen LogP contribution in [-0.4, -0.2) is 21.8 Å². The fraction of sp³-hybridized carbons (Fsp3) is 0. The molecule has 3 aromatic rings. The number of benzene rings is 3. The minimum Gasteiger partial charge on any atom is -0.507 e. The lowest BCUT2D eigenvalue weighted by Crippen LogP contribution is -2.07. The maximum atomic E-state index is 12.6. The third-order valence-electron chi connectivity index (χ3n) is 3.75. The van der Waals surface area contributed by atoms with Gasteiger partial charge in [-0.15, -0.1) is 0 Å². The van der Waals surface area contributed by atoms with E-state index in [2.05, 4.69) is 0 Å². The Morgan fingerprint density at radius 3 is 1.68 bits per heavy atom. The van der Waals surface area contributed by atoms with Crippen molar-refractivity contribution in [1.82, 2.24) is 0 Å². The average molecular weight is 353 g/mol. The molecule has 3 rings (SSSR count). The Balaban J connectivity index is 2.05. The number of hydrogen-bond donors (Lipinski definition) is 2. The van der Waals surface area contributed by atoms with E-state index in [1.54, 1.807) is 42.5 Å². The number of carbonyl (C=O) groups excluding carboxylic acids is 2. The second-order valence-corrected chi connectivity index (χ2v) is 5.85. The van der Waals surface area contributed by atoms with Crippen molar-refractivity contribution in [2.24, 2.45) is 0 Å². The minimum absolute atomic E-state index is 0.0543. The van der Waals surface area contributed by atoms with Gasteiger partial charge < -0.3 is 10.2 Å². The first-order valence-electron chi connectivity index (χ1n) is 7.43. The molecule has 0 saturated carbocycles. The molecular weight excluding hydrogens is 340 g/mol. The smallest absolute Gasteiger partial charge is 0.196 e. The van der Waals surface area contributed by atoms with Crippen molar-refractivity contribution >= 4 is 23.2 Å². The van der Waals surface area contributed by atoms with Crippen LogP contribution >= 0.6 is 11.6 Å². The fourth-order valence-electron chi connectivity index (χ4n) is 2.44. The van der Waals surface area contributed by atoms with Gasteiger partial charge in [0.05, 0.1) is 11.1 Å². The van der Waals surface area contributed by atoms with Gasteiger partial charge in [0, 0.05) is 22.2 Å². The van der Waals surface area contributed by atoms with Crippen LogP contribution in [0.15, 0.2) is 66.7 Å². The van der Waals surface area contributed by atoms with Gasteiger partial charge in [0.1, 0.15) is 11.5 Å². The summed E-state index contributed by atoms with van der Waals surface area (Å²) in [6, 6.07) is 16.7. The summed E-state index contributed by atoms with van der Waals surface area (Å²) < 4.78 is 0. The molecule has 0 saturated heterocycles. The number of halogens is 1. The van der Waals surface area contributed by atoms with Crippen LogP contribution in [0.1, 0.15) is 31.8 Å². The SMILES string of the molecule is O=C(c1ccccc1)c1cc(C(=O)c2ccc(Cl)cc2)c(O)cc1O. The summed E-state index contributed by atoms with van der Waals surface area (Å²) in [7, 11) is 0. The predicted octanol–water partition coefficient (Wildman–Crippen LogP) is 4.21. The first-order chi connectivity index (χ1) is 12.0. The summed E-state index contributed by atoms with van der Waals surface area (Å²) in [6.45, 7) is 0. The van der Waals surface area contributed by atoms with Crippen molar-refractivity contribution in [1.29, 1.82) is 0 Å². The molecule has 0 aromatic heterocycles. The molecule has 124 valence electrons. The first kappa shape index (κ1) is 16.7. The number of aromatic hydroxyl groups is 2. The van der Waals surface area contributed by atoms with Gasteiger partial charge in [-0.25, -0.2) is 0 Å². The van der Waals surface area contributed by atoms with Crippen LogP contribution in [0.25, 0.3) is 0 Å². The molecular formula is C20H13ClO4. The largest absolute Gasteiger partial charge is 0.507 e. The fourth-order valence-corrected chi connectivity index (χ4v) is 2.57. The summed E-state index contributed by atoms with van der Waals surface area (Å²) in [5, 5.41) is 20.5. The summed E-state index contributed by atoms with van der Waals surface area (Å²) in [4.78, 5) is 25.2. The molecule has 0 radical (unpaired) electrons. The van der Waals surface area contributed by atoms with E-state index >= 15 is 0 Å². The monoisotopic (exact) mass is 352 g/mol. The quantitative estimate of drug-likeness (QED) is 0.690. The number of ketones is 2. The van der Waals surface area contributed by atoms with Gasteiger partial charge in [0.25, 0.3) is 0 Å². The van der Waals surface area contributed by atoms with E-state index < -0.39 is 17.3 Å². The van der Waals surface area contributed by atoms with Crippen LogP contribution < -0.4 is 0 Å². The number of hydrogen-bond acceptors (Lipinski definition) is 4. The highest BCUT2D eigenvalue weighted by molar-refractivity contribution is 6.30. The second-order valence-electron chi connectivity index (χ2n) is 5.42. The van der Waals surface area contributed by atoms with Crippen molar-refractivity contribution in [2.45, 2.75) is 0 Å². The van der Waals surface area contributed by atoms with Crippen LogP contribution in [0.4, 0.5) is 0 Å². The maximum absolute atomic E-state index is 12.6. The van der Waals surface area contributed by atoms with E-state index in [4.69, 9.17) is 11.6 Å². The van der Waals surface area contributed by atoms with E-state index in [0.29, 0.717) is 16.1 Å². The molecule has 3 aromatic carbocycles. The average Bonchev–Trinajstić information content (AvgIpc) is 2.62. The van der Waals surface area contributed by atoms with E-state index in [-0.39, 0.29) is 16.9 Å². The standard InChI is InChI=1S/C20H13ClO4/c21-14-8-6-13(7-9-14)20(25)16-10-15(17(22)11-18(16)23)19(24)12-4-2-1-3-5-12/h1-11,22-23H. The molecule has 0 aliphatic rings. The third kappa shape index (κ3) is 3.39. The van der Waals surface area contributed by atoms with Crippen LogP contribution in [0.3, 0.4) is 0 Å². The first-order valence-corrected chi connectivity index (χ1v) is 7.81. The summed E-state index contributed by atoms with van der Waals surface area (Å²) in [5.41, 5.74) is 0.553. The summed E-state index contributed by atoms with van der Waals surface area (Å²) >= 11 is 5.81. The second kappa shape index (κ2) is 6.79. The molecule has 0 bridgehead atoms. The zero-order valence-corrected chi connectivity index (χ0v) is 13.7. The zero-order valence-electron chi connectivity index (χ0n) is 12.9. The topological polar surface area (TPSA) is 74.6 Å². The third-order valence-corrected chi connectivity index (χ3v) is 4.00. The van der Waals surface area contributed by atoms with Gasteiger partial charge >= 0.3 is 0 Å². The summed E-state index contributed by atoms with van der Waals surface area (Å²) in [6.07, 6.45) is 0. The van der Waals surface area contributed by atoms with Crippen LogP contribution in [0.2, 0.25) is 5.02 Å². The summed E-state index contributed by atoms with van der Waals surface area (Å²) in [5.74, 6) is -1.71. The van der Waals surface area contributed by atoms with Gasteiger partial charge in [0.15, 0.2) is 11.6 Å².